The zero-order valence-electron chi connectivity index (χ0n) is 9.14. The number of rotatable bonds is 2. The normalized spacial score (nSPS) is 14.0. The van der Waals surface area contributed by atoms with Crippen molar-refractivity contribution in [2.24, 2.45) is 11.3 Å². The first kappa shape index (κ1) is 12.4. The Bertz CT molecular complexity index is 347. The van der Waals surface area contributed by atoms with E-state index in [1.165, 1.54) is 6.07 Å². The Morgan fingerprint density at radius 1 is 1.40 bits per heavy atom. The molecule has 0 aromatic heterocycles. The quantitative estimate of drug-likeness (QED) is 0.606. The molecular formula is C11H16ClFN2. The summed E-state index contributed by atoms with van der Waals surface area (Å²) in [5.74, 6) is 5.04. The van der Waals surface area contributed by atoms with Crippen LogP contribution in [0.5, 0.6) is 0 Å². The summed E-state index contributed by atoms with van der Waals surface area (Å²) < 4.78 is 13.7. The largest absolute Gasteiger partial charge is 0.271 e. The van der Waals surface area contributed by atoms with Crippen LogP contribution >= 0.6 is 11.6 Å². The number of nitrogens with one attached hydrogen (secondary N) is 1. The molecule has 0 spiro atoms. The monoisotopic (exact) mass is 230 g/mol. The minimum absolute atomic E-state index is 0.122. The molecular weight excluding hydrogens is 215 g/mol. The van der Waals surface area contributed by atoms with E-state index in [2.05, 4.69) is 5.43 Å². The molecule has 1 rings (SSSR count). The highest BCUT2D eigenvalue weighted by atomic mass is 35.5. The van der Waals surface area contributed by atoms with Crippen LogP contribution in [-0.4, -0.2) is 0 Å². The molecule has 1 unspecified atom stereocenters. The highest BCUT2D eigenvalue weighted by Gasteiger charge is 2.27. The summed E-state index contributed by atoms with van der Waals surface area (Å²) in [6.45, 7) is 5.95. The molecule has 3 N–H and O–H groups in total. The predicted molar refractivity (Wildman–Crippen MR) is 60.9 cm³/mol. The molecule has 0 fully saturated rings. The summed E-state index contributed by atoms with van der Waals surface area (Å²) >= 11 is 5.72. The Balaban J connectivity index is 3.19. The van der Waals surface area contributed by atoms with Gasteiger partial charge in [0.1, 0.15) is 5.82 Å². The minimum Gasteiger partial charge on any atom is -0.271 e. The van der Waals surface area contributed by atoms with Gasteiger partial charge in [0.25, 0.3) is 0 Å². The Kier molecular flexibility index (Phi) is 3.71. The van der Waals surface area contributed by atoms with Crippen LogP contribution in [0.3, 0.4) is 0 Å². The summed E-state index contributed by atoms with van der Waals surface area (Å²) in [6, 6.07) is 4.67. The van der Waals surface area contributed by atoms with Gasteiger partial charge in [-0.15, -0.1) is 0 Å². The van der Waals surface area contributed by atoms with E-state index in [1.54, 1.807) is 12.1 Å². The molecule has 0 aliphatic rings. The second kappa shape index (κ2) is 4.47. The third-order valence-corrected chi connectivity index (χ3v) is 2.62. The Labute approximate surface area is 94.6 Å². The van der Waals surface area contributed by atoms with Crippen LogP contribution in [0.1, 0.15) is 32.4 Å². The predicted octanol–water partition coefficient (Wildman–Crippen LogP) is 3.03. The number of halogens is 2. The number of hydrogen-bond donors (Lipinski definition) is 2. The molecule has 0 radical (unpaired) electrons. The summed E-state index contributed by atoms with van der Waals surface area (Å²) in [6.07, 6.45) is 0. The van der Waals surface area contributed by atoms with Gasteiger partial charge < -0.3 is 0 Å². The van der Waals surface area contributed by atoms with Crippen molar-refractivity contribution in [1.82, 2.24) is 5.43 Å². The zero-order valence-corrected chi connectivity index (χ0v) is 9.90. The van der Waals surface area contributed by atoms with Gasteiger partial charge in [0.15, 0.2) is 0 Å². The summed E-state index contributed by atoms with van der Waals surface area (Å²) in [7, 11) is 0. The van der Waals surface area contributed by atoms with Crippen molar-refractivity contribution in [3.63, 3.8) is 0 Å². The summed E-state index contributed by atoms with van der Waals surface area (Å²) in [5, 5.41) is 0.122. The molecule has 1 atom stereocenters. The van der Waals surface area contributed by atoms with E-state index in [1.807, 2.05) is 20.8 Å². The van der Waals surface area contributed by atoms with E-state index >= 15 is 0 Å². The Morgan fingerprint density at radius 2 is 2.00 bits per heavy atom. The zero-order chi connectivity index (χ0) is 11.6. The van der Waals surface area contributed by atoms with Crippen LogP contribution in [0.2, 0.25) is 5.02 Å². The molecule has 0 heterocycles. The first-order valence-corrected chi connectivity index (χ1v) is 5.15. The second-order valence-corrected chi connectivity index (χ2v) is 5.02. The first-order chi connectivity index (χ1) is 6.88. The van der Waals surface area contributed by atoms with Crippen molar-refractivity contribution >= 4 is 11.6 Å². The van der Waals surface area contributed by atoms with Crippen molar-refractivity contribution in [3.8, 4) is 0 Å². The van der Waals surface area contributed by atoms with Gasteiger partial charge in [-0.2, -0.15) is 0 Å². The lowest BCUT2D eigenvalue weighted by atomic mass is 9.82. The summed E-state index contributed by atoms with van der Waals surface area (Å²) in [5.41, 5.74) is 2.95. The van der Waals surface area contributed by atoms with E-state index < -0.39 is 5.82 Å². The highest BCUT2D eigenvalue weighted by Crippen LogP contribution is 2.34. The van der Waals surface area contributed by atoms with Gasteiger partial charge in [-0.25, -0.2) is 4.39 Å². The smallest absolute Gasteiger partial charge is 0.146 e. The average Bonchev–Trinajstić information content (AvgIpc) is 2.11. The van der Waals surface area contributed by atoms with E-state index in [0.717, 1.165) is 0 Å². The minimum atomic E-state index is -0.406. The van der Waals surface area contributed by atoms with Crippen molar-refractivity contribution < 1.29 is 4.39 Å². The number of benzene rings is 1. The highest BCUT2D eigenvalue weighted by molar-refractivity contribution is 6.30. The molecule has 1 aromatic carbocycles. The van der Waals surface area contributed by atoms with E-state index in [-0.39, 0.29) is 16.5 Å². The second-order valence-electron chi connectivity index (χ2n) is 4.61. The molecule has 0 aliphatic heterocycles. The van der Waals surface area contributed by atoms with Crippen molar-refractivity contribution in [2.45, 2.75) is 26.8 Å². The van der Waals surface area contributed by atoms with Crippen LogP contribution in [0.15, 0.2) is 18.2 Å². The van der Waals surface area contributed by atoms with Gasteiger partial charge in [-0.1, -0.05) is 44.5 Å². The topological polar surface area (TPSA) is 38.0 Å². The SMILES string of the molecule is CC(C)(C)C(NN)c1cccc(Cl)c1F. The Hall–Kier alpha value is -0.640. The lowest BCUT2D eigenvalue weighted by Gasteiger charge is -2.30. The molecule has 0 amide bonds. The summed E-state index contributed by atoms with van der Waals surface area (Å²) in [4.78, 5) is 0. The maximum Gasteiger partial charge on any atom is 0.146 e. The molecule has 4 heteroatoms. The van der Waals surface area contributed by atoms with Crippen LogP contribution in [0.4, 0.5) is 4.39 Å². The van der Waals surface area contributed by atoms with Gasteiger partial charge in [0, 0.05) is 5.56 Å². The van der Waals surface area contributed by atoms with Gasteiger partial charge in [-0.05, 0) is 11.5 Å². The third kappa shape index (κ3) is 2.68. The molecule has 0 saturated carbocycles. The fourth-order valence-corrected chi connectivity index (χ4v) is 1.73. The average molecular weight is 231 g/mol. The van der Waals surface area contributed by atoms with Crippen molar-refractivity contribution in [2.75, 3.05) is 0 Å². The maximum absolute atomic E-state index is 13.7. The van der Waals surface area contributed by atoms with E-state index in [9.17, 15) is 4.39 Å². The first-order valence-electron chi connectivity index (χ1n) is 4.78. The molecule has 1 aromatic rings. The van der Waals surface area contributed by atoms with Crippen LogP contribution in [0.25, 0.3) is 0 Å². The Morgan fingerprint density at radius 3 is 2.47 bits per heavy atom. The number of hydrogen-bond acceptors (Lipinski definition) is 2. The van der Waals surface area contributed by atoms with Crippen LogP contribution in [-0.2, 0) is 0 Å². The fraction of sp³-hybridized carbons (Fsp3) is 0.455. The van der Waals surface area contributed by atoms with Gasteiger partial charge in [0.05, 0.1) is 11.1 Å². The third-order valence-electron chi connectivity index (χ3n) is 2.33. The van der Waals surface area contributed by atoms with Crippen molar-refractivity contribution in [1.29, 1.82) is 0 Å². The van der Waals surface area contributed by atoms with E-state index in [4.69, 9.17) is 17.4 Å². The lowest BCUT2D eigenvalue weighted by molar-refractivity contribution is 0.269. The van der Waals surface area contributed by atoms with Crippen molar-refractivity contribution in [3.05, 3.63) is 34.6 Å². The lowest BCUT2D eigenvalue weighted by Crippen LogP contribution is -2.37. The maximum atomic E-state index is 13.7. The molecule has 0 saturated heterocycles. The molecule has 15 heavy (non-hydrogen) atoms. The molecule has 84 valence electrons. The van der Waals surface area contributed by atoms with Gasteiger partial charge in [0.2, 0.25) is 0 Å². The van der Waals surface area contributed by atoms with Crippen LogP contribution in [0, 0.1) is 11.2 Å². The number of hydrazine groups is 1. The van der Waals surface area contributed by atoms with Crippen LogP contribution < -0.4 is 11.3 Å². The molecule has 2 nitrogen and oxygen atoms in total. The van der Waals surface area contributed by atoms with Gasteiger partial charge in [-0.3, -0.25) is 11.3 Å². The molecule has 0 bridgehead atoms. The number of nitrogens with two attached hydrogens (primary N) is 1. The molecule has 0 aliphatic carbocycles. The van der Waals surface area contributed by atoms with Gasteiger partial charge >= 0.3 is 0 Å². The standard InChI is InChI=1S/C11H16ClFN2/c1-11(2,3)10(15-14)7-5-4-6-8(12)9(7)13/h4-6,10,15H,14H2,1-3H3. The fourth-order valence-electron chi connectivity index (χ4n) is 1.55. The van der Waals surface area contributed by atoms with E-state index in [0.29, 0.717) is 5.56 Å².